The van der Waals surface area contributed by atoms with Gasteiger partial charge in [-0.2, -0.15) is 0 Å². The Kier molecular flexibility index (Phi) is 6.10. The third-order valence-electron chi connectivity index (χ3n) is 4.38. The number of H-pyrrole nitrogens is 1. The van der Waals surface area contributed by atoms with E-state index in [1.807, 2.05) is 42.5 Å². The average Bonchev–Trinajstić information content (AvgIpc) is 3.10. The van der Waals surface area contributed by atoms with Crippen LogP contribution in [0, 0.1) is 0 Å². The normalized spacial score (nSPS) is 10.7. The van der Waals surface area contributed by atoms with Crippen LogP contribution in [0.25, 0.3) is 10.9 Å². The van der Waals surface area contributed by atoms with E-state index < -0.39 is 0 Å². The summed E-state index contributed by atoms with van der Waals surface area (Å²) >= 11 is 0. The van der Waals surface area contributed by atoms with Crippen LogP contribution in [0.5, 0.6) is 0 Å². The molecule has 0 bridgehead atoms. The second-order valence-corrected chi connectivity index (χ2v) is 6.47. The summed E-state index contributed by atoms with van der Waals surface area (Å²) in [7, 11) is 0. The molecule has 140 valence electrons. The minimum Gasteiger partial charge on any atom is -0.397 e. The van der Waals surface area contributed by atoms with Crippen molar-refractivity contribution < 1.29 is 9.59 Å². The van der Waals surface area contributed by atoms with Crippen molar-refractivity contribution in [2.24, 2.45) is 0 Å². The van der Waals surface area contributed by atoms with E-state index >= 15 is 0 Å². The summed E-state index contributed by atoms with van der Waals surface area (Å²) in [6.45, 7) is 0.585. The summed E-state index contributed by atoms with van der Waals surface area (Å²) in [5.74, 6) is -0.154. The Morgan fingerprint density at radius 3 is 2.56 bits per heavy atom. The maximum atomic E-state index is 12.2. The van der Waals surface area contributed by atoms with E-state index in [4.69, 9.17) is 5.73 Å². The Hall–Kier alpha value is -3.28. The highest BCUT2D eigenvalue weighted by Gasteiger charge is 2.08. The standard InChI is InChI=1S/C21H24N4O2/c22-16-9-4-6-11-18(16)25-20(26)12-2-1-7-13-23-21(27)19-14-15-8-3-5-10-17(15)24-19/h3-6,8-11,14,24H,1-2,7,12-13,22H2,(H,23,27)(H,25,26). The van der Waals surface area contributed by atoms with Crippen LogP contribution in [-0.2, 0) is 4.79 Å². The second-order valence-electron chi connectivity index (χ2n) is 6.47. The van der Waals surface area contributed by atoms with Gasteiger partial charge in [0.1, 0.15) is 5.69 Å². The van der Waals surface area contributed by atoms with Gasteiger partial charge in [0.05, 0.1) is 11.4 Å². The van der Waals surface area contributed by atoms with Gasteiger partial charge < -0.3 is 21.4 Å². The Balaban J connectivity index is 1.32. The van der Waals surface area contributed by atoms with Crippen molar-refractivity contribution in [3.8, 4) is 0 Å². The largest absolute Gasteiger partial charge is 0.397 e. The number of carbonyl (C=O) groups excluding carboxylic acids is 2. The number of nitrogens with one attached hydrogen (secondary N) is 3. The fourth-order valence-corrected chi connectivity index (χ4v) is 2.90. The summed E-state index contributed by atoms with van der Waals surface area (Å²) in [5.41, 5.74) is 8.53. The number of fused-ring (bicyclic) bond motifs is 1. The number of para-hydroxylation sites is 3. The molecule has 3 aromatic rings. The van der Waals surface area contributed by atoms with Crippen LogP contribution in [0.4, 0.5) is 11.4 Å². The number of hydrogen-bond donors (Lipinski definition) is 4. The summed E-state index contributed by atoms with van der Waals surface area (Å²) < 4.78 is 0. The quantitative estimate of drug-likeness (QED) is 0.362. The molecule has 0 radical (unpaired) electrons. The molecule has 3 rings (SSSR count). The van der Waals surface area contributed by atoms with Crippen molar-refractivity contribution in [1.82, 2.24) is 10.3 Å². The molecule has 0 spiro atoms. The van der Waals surface area contributed by atoms with E-state index in [0.29, 0.717) is 30.0 Å². The van der Waals surface area contributed by atoms with E-state index in [9.17, 15) is 9.59 Å². The van der Waals surface area contributed by atoms with E-state index in [1.165, 1.54) is 0 Å². The third kappa shape index (κ3) is 5.10. The molecule has 2 amide bonds. The average molecular weight is 364 g/mol. The van der Waals surface area contributed by atoms with E-state index in [1.54, 1.807) is 12.1 Å². The number of benzene rings is 2. The lowest BCUT2D eigenvalue weighted by Crippen LogP contribution is -2.24. The topological polar surface area (TPSA) is 100 Å². The van der Waals surface area contributed by atoms with Crippen molar-refractivity contribution in [3.05, 3.63) is 60.3 Å². The Morgan fingerprint density at radius 2 is 1.74 bits per heavy atom. The smallest absolute Gasteiger partial charge is 0.267 e. The predicted octanol–water partition coefficient (Wildman–Crippen LogP) is 3.68. The molecular weight excluding hydrogens is 340 g/mol. The fourth-order valence-electron chi connectivity index (χ4n) is 2.90. The number of hydrogen-bond acceptors (Lipinski definition) is 3. The summed E-state index contributed by atoms with van der Waals surface area (Å²) in [4.78, 5) is 27.2. The number of nitrogens with two attached hydrogens (primary N) is 1. The molecule has 2 aromatic carbocycles. The van der Waals surface area contributed by atoms with Gasteiger partial charge in [-0.15, -0.1) is 0 Å². The van der Waals surface area contributed by atoms with Crippen LogP contribution < -0.4 is 16.4 Å². The molecule has 0 atom stereocenters. The Labute approximate surface area is 158 Å². The Bertz CT molecular complexity index is 900. The zero-order valence-corrected chi connectivity index (χ0v) is 15.1. The highest BCUT2D eigenvalue weighted by molar-refractivity contribution is 5.98. The van der Waals surface area contributed by atoms with Crippen molar-refractivity contribution >= 4 is 34.1 Å². The number of aromatic nitrogens is 1. The SMILES string of the molecule is Nc1ccccc1NC(=O)CCCCCNC(=O)c1cc2ccccc2[nH]1. The van der Waals surface area contributed by atoms with Crippen molar-refractivity contribution in [1.29, 1.82) is 0 Å². The van der Waals surface area contributed by atoms with Gasteiger partial charge >= 0.3 is 0 Å². The summed E-state index contributed by atoms with van der Waals surface area (Å²) in [6, 6.07) is 16.8. The van der Waals surface area contributed by atoms with Crippen LogP contribution in [0.15, 0.2) is 54.6 Å². The lowest BCUT2D eigenvalue weighted by molar-refractivity contribution is -0.116. The zero-order chi connectivity index (χ0) is 19.1. The first kappa shape index (κ1) is 18.5. The highest BCUT2D eigenvalue weighted by Crippen LogP contribution is 2.17. The van der Waals surface area contributed by atoms with Crippen molar-refractivity contribution in [2.45, 2.75) is 25.7 Å². The maximum absolute atomic E-state index is 12.2. The van der Waals surface area contributed by atoms with Gasteiger partial charge in [0, 0.05) is 23.9 Å². The van der Waals surface area contributed by atoms with Gasteiger partial charge in [0.2, 0.25) is 5.91 Å². The molecule has 1 heterocycles. The van der Waals surface area contributed by atoms with E-state index in [0.717, 1.165) is 30.2 Å². The molecule has 1 aromatic heterocycles. The molecular formula is C21H24N4O2. The van der Waals surface area contributed by atoms with E-state index in [-0.39, 0.29) is 11.8 Å². The highest BCUT2D eigenvalue weighted by atomic mass is 16.2. The molecule has 0 aliphatic heterocycles. The molecule has 6 heteroatoms. The molecule has 0 aliphatic rings. The molecule has 6 nitrogen and oxygen atoms in total. The fraction of sp³-hybridized carbons (Fsp3) is 0.238. The number of aromatic amines is 1. The summed E-state index contributed by atoms with van der Waals surface area (Å²) in [6.07, 6.45) is 2.89. The molecule has 0 unspecified atom stereocenters. The molecule has 0 saturated heterocycles. The number of amides is 2. The van der Waals surface area contributed by atoms with E-state index in [2.05, 4.69) is 15.6 Å². The number of rotatable bonds is 8. The third-order valence-corrected chi connectivity index (χ3v) is 4.38. The number of carbonyl (C=O) groups is 2. The molecule has 0 aliphatic carbocycles. The lowest BCUT2D eigenvalue weighted by atomic mass is 10.2. The molecule has 0 saturated carbocycles. The predicted molar refractivity (Wildman–Crippen MR) is 109 cm³/mol. The number of nitrogen functional groups attached to an aromatic ring is 1. The number of unbranched alkanes of at least 4 members (excludes halogenated alkanes) is 2. The summed E-state index contributed by atoms with van der Waals surface area (Å²) in [5, 5.41) is 6.74. The van der Waals surface area contributed by atoms with Crippen molar-refractivity contribution in [2.75, 3.05) is 17.6 Å². The van der Waals surface area contributed by atoms with Crippen LogP contribution in [0.2, 0.25) is 0 Å². The van der Waals surface area contributed by atoms with Crippen molar-refractivity contribution in [3.63, 3.8) is 0 Å². The first-order valence-corrected chi connectivity index (χ1v) is 9.14. The molecule has 5 N–H and O–H groups in total. The molecule has 0 fully saturated rings. The van der Waals surface area contributed by atoms with Gasteiger partial charge in [0.25, 0.3) is 5.91 Å². The van der Waals surface area contributed by atoms with Crippen LogP contribution >= 0.6 is 0 Å². The van der Waals surface area contributed by atoms with Crippen LogP contribution in [0.3, 0.4) is 0 Å². The first-order valence-electron chi connectivity index (χ1n) is 9.14. The van der Waals surface area contributed by atoms with Gasteiger partial charge in [-0.1, -0.05) is 36.8 Å². The van der Waals surface area contributed by atoms with Crippen LogP contribution in [-0.4, -0.2) is 23.3 Å². The Morgan fingerprint density at radius 1 is 0.963 bits per heavy atom. The van der Waals surface area contributed by atoms with Gasteiger partial charge in [-0.05, 0) is 37.1 Å². The maximum Gasteiger partial charge on any atom is 0.267 e. The first-order chi connectivity index (χ1) is 13.1. The van der Waals surface area contributed by atoms with Gasteiger partial charge in [0.15, 0.2) is 0 Å². The number of anilines is 2. The molecule has 27 heavy (non-hydrogen) atoms. The second kappa shape index (κ2) is 8.89. The lowest BCUT2D eigenvalue weighted by Gasteiger charge is -2.08. The monoisotopic (exact) mass is 364 g/mol. The van der Waals surface area contributed by atoms with Gasteiger partial charge in [-0.3, -0.25) is 9.59 Å². The minimum atomic E-state index is -0.108. The zero-order valence-electron chi connectivity index (χ0n) is 15.1. The van der Waals surface area contributed by atoms with Gasteiger partial charge in [-0.25, -0.2) is 0 Å². The van der Waals surface area contributed by atoms with Crippen LogP contribution in [0.1, 0.15) is 36.2 Å². The minimum absolute atomic E-state index is 0.0463.